The Morgan fingerprint density at radius 3 is 2.85 bits per heavy atom. The number of carbonyl (C=O) groups is 1. The molecule has 0 radical (unpaired) electrons. The molecule has 1 aromatic carbocycles. The lowest BCUT2D eigenvalue weighted by Crippen LogP contribution is -2.34. The molecule has 1 aliphatic heterocycles. The molecule has 5 nitrogen and oxygen atoms in total. The number of piperidine rings is 1. The van der Waals surface area contributed by atoms with Crippen LogP contribution in [0.15, 0.2) is 22.7 Å². The third-order valence-electron chi connectivity index (χ3n) is 3.13. The second kappa shape index (κ2) is 7.61. The summed E-state index contributed by atoms with van der Waals surface area (Å²) in [6.07, 6.45) is 2.09. The van der Waals surface area contributed by atoms with Crippen molar-refractivity contribution in [2.45, 2.75) is 18.9 Å². The first-order valence-corrected chi connectivity index (χ1v) is 7.43. The molecule has 6 heteroatoms. The second-order valence-corrected chi connectivity index (χ2v) is 5.60. The van der Waals surface area contributed by atoms with Crippen LogP contribution >= 0.6 is 15.9 Å². The predicted octanol–water partition coefficient (Wildman–Crippen LogP) is 2.16. The molecule has 110 valence electrons. The Balaban J connectivity index is 1.83. The highest BCUT2D eigenvalue weighted by atomic mass is 79.9. The van der Waals surface area contributed by atoms with Gasteiger partial charge in [-0.1, -0.05) is 15.9 Å². The van der Waals surface area contributed by atoms with E-state index in [-0.39, 0.29) is 18.6 Å². The molecule has 1 aromatic rings. The van der Waals surface area contributed by atoms with E-state index in [0.717, 1.165) is 30.4 Å². The van der Waals surface area contributed by atoms with E-state index in [9.17, 15) is 4.79 Å². The Kier molecular flexibility index (Phi) is 5.82. The van der Waals surface area contributed by atoms with Gasteiger partial charge in [0.25, 0.3) is 0 Å². The van der Waals surface area contributed by atoms with Gasteiger partial charge in [-0.25, -0.2) is 0 Å². The fourth-order valence-corrected chi connectivity index (χ4v) is 2.58. The van der Waals surface area contributed by atoms with Crippen LogP contribution in [0.5, 0.6) is 5.75 Å². The van der Waals surface area contributed by atoms with Crippen molar-refractivity contribution in [3.63, 3.8) is 0 Å². The van der Waals surface area contributed by atoms with Gasteiger partial charge in [-0.3, -0.25) is 4.79 Å². The van der Waals surface area contributed by atoms with Crippen molar-refractivity contribution in [3.8, 4) is 5.75 Å². The van der Waals surface area contributed by atoms with Gasteiger partial charge in [-0.2, -0.15) is 0 Å². The van der Waals surface area contributed by atoms with Crippen molar-refractivity contribution in [2.24, 2.45) is 0 Å². The lowest BCUT2D eigenvalue weighted by atomic mass is 10.1. The Morgan fingerprint density at radius 2 is 2.15 bits per heavy atom. The molecule has 0 aromatic heterocycles. The number of anilines is 1. The average Bonchev–Trinajstić information content (AvgIpc) is 2.45. The molecule has 1 heterocycles. The van der Waals surface area contributed by atoms with Crippen molar-refractivity contribution in [2.75, 3.05) is 32.1 Å². The van der Waals surface area contributed by atoms with Gasteiger partial charge in [0.15, 0.2) is 0 Å². The molecule has 1 aliphatic rings. The molecular formula is C14H19BrN2O3. The normalized spacial score (nSPS) is 15.9. The highest BCUT2D eigenvalue weighted by Crippen LogP contribution is 2.24. The van der Waals surface area contributed by atoms with Crippen LogP contribution in [0.25, 0.3) is 0 Å². The Labute approximate surface area is 127 Å². The predicted molar refractivity (Wildman–Crippen MR) is 81.2 cm³/mol. The smallest absolute Gasteiger partial charge is 0.250 e. The van der Waals surface area contributed by atoms with Crippen LogP contribution in [0, 0.1) is 0 Å². The summed E-state index contributed by atoms with van der Waals surface area (Å²) in [4.78, 5) is 11.9. The van der Waals surface area contributed by atoms with Gasteiger partial charge >= 0.3 is 0 Å². The van der Waals surface area contributed by atoms with Crippen LogP contribution in [0.3, 0.4) is 0 Å². The largest absolute Gasteiger partial charge is 0.497 e. The maximum atomic E-state index is 11.9. The Morgan fingerprint density at radius 1 is 1.40 bits per heavy atom. The van der Waals surface area contributed by atoms with Crippen LogP contribution < -0.4 is 15.4 Å². The van der Waals surface area contributed by atoms with Gasteiger partial charge in [-0.15, -0.1) is 0 Å². The summed E-state index contributed by atoms with van der Waals surface area (Å²) in [5, 5.41) is 6.07. The summed E-state index contributed by atoms with van der Waals surface area (Å²) in [6.45, 7) is 1.99. The molecule has 0 unspecified atom stereocenters. The fourth-order valence-electron chi connectivity index (χ4n) is 2.11. The van der Waals surface area contributed by atoms with Crippen molar-refractivity contribution < 1.29 is 14.3 Å². The summed E-state index contributed by atoms with van der Waals surface area (Å²) < 4.78 is 11.6. The third-order valence-corrected chi connectivity index (χ3v) is 3.58. The maximum absolute atomic E-state index is 11.9. The molecule has 2 rings (SSSR count). The van der Waals surface area contributed by atoms with E-state index >= 15 is 0 Å². The molecule has 1 saturated heterocycles. The molecule has 0 bridgehead atoms. The zero-order valence-corrected chi connectivity index (χ0v) is 13.0. The molecule has 0 saturated carbocycles. The number of amides is 1. The quantitative estimate of drug-likeness (QED) is 0.860. The number of halogens is 1. The van der Waals surface area contributed by atoms with Crippen LogP contribution in [0.4, 0.5) is 5.69 Å². The standard InChI is InChI=1S/C14H19BrN2O3/c1-19-13-7-10(15)6-11(8-13)17-14(18)9-20-12-2-4-16-5-3-12/h6-8,12,16H,2-5,9H2,1H3,(H,17,18). The van der Waals surface area contributed by atoms with Gasteiger partial charge in [0.2, 0.25) is 5.91 Å². The number of rotatable bonds is 5. The van der Waals surface area contributed by atoms with E-state index in [4.69, 9.17) is 9.47 Å². The molecular weight excluding hydrogens is 324 g/mol. The molecule has 20 heavy (non-hydrogen) atoms. The number of carbonyl (C=O) groups excluding carboxylic acids is 1. The van der Waals surface area contributed by atoms with Gasteiger partial charge in [0.1, 0.15) is 12.4 Å². The Bertz CT molecular complexity index is 462. The number of methoxy groups -OCH3 is 1. The number of hydrogen-bond donors (Lipinski definition) is 2. The summed E-state index contributed by atoms with van der Waals surface area (Å²) in [6, 6.07) is 5.43. The molecule has 1 fully saturated rings. The molecule has 0 spiro atoms. The number of hydrogen-bond acceptors (Lipinski definition) is 4. The first kappa shape index (κ1) is 15.3. The lowest BCUT2D eigenvalue weighted by Gasteiger charge is -2.22. The van der Waals surface area contributed by atoms with E-state index in [1.54, 1.807) is 13.2 Å². The summed E-state index contributed by atoms with van der Waals surface area (Å²) >= 11 is 3.38. The van der Waals surface area contributed by atoms with Gasteiger partial charge in [0, 0.05) is 16.2 Å². The monoisotopic (exact) mass is 342 g/mol. The van der Waals surface area contributed by atoms with Crippen molar-refractivity contribution in [3.05, 3.63) is 22.7 Å². The highest BCUT2D eigenvalue weighted by molar-refractivity contribution is 9.10. The van der Waals surface area contributed by atoms with E-state index < -0.39 is 0 Å². The van der Waals surface area contributed by atoms with Gasteiger partial charge < -0.3 is 20.1 Å². The Hall–Kier alpha value is -1.11. The first-order chi connectivity index (χ1) is 9.67. The van der Waals surface area contributed by atoms with Crippen LogP contribution in [0.2, 0.25) is 0 Å². The fraction of sp³-hybridized carbons (Fsp3) is 0.500. The topological polar surface area (TPSA) is 59.6 Å². The van der Waals surface area contributed by atoms with Crippen LogP contribution in [-0.4, -0.2) is 38.8 Å². The summed E-state index contributed by atoms with van der Waals surface area (Å²) in [7, 11) is 1.59. The zero-order chi connectivity index (χ0) is 14.4. The van der Waals surface area contributed by atoms with Gasteiger partial charge in [0.05, 0.1) is 13.2 Å². The second-order valence-electron chi connectivity index (χ2n) is 4.69. The minimum absolute atomic E-state index is 0.0828. The van der Waals surface area contributed by atoms with Gasteiger partial charge in [-0.05, 0) is 38.1 Å². The SMILES string of the molecule is COc1cc(Br)cc(NC(=O)COC2CCNCC2)c1. The summed E-state index contributed by atoms with van der Waals surface area (Å²) in [5.41, 5.74) is 0.690. The van der Waals surface area contributed by atoms with E-state index in [1.165, 1.54) is 0 Å². The molecule has 2 N–H and O–H groups in total. The van der Waals surface area contributed by atoms with Crippen LogP contribution in [0.1, 0.15) is 12.8 Å². The number of benzene rings is 1. The van der Waals surface area contributed by atoms with E-state index in [0.29, 0.717) is 11.4 Å². The van der Waals surface area contributed by atoms with Crippen LogP contribution in [-0.2, 0) is 9.53 Å². The average molecular weight is 343 g/mol. The number of nitrogens with one attached hydrogen (secondary N) is 2. The molecule has 0 aliphatic carbocycles. The van der Waals surface area contributed by atoms with E-state index in [2.05, 4.69) is 26.6 Å². The highest BCUT2D eigenvalue weighted by Gasteiger charge is 2.15. The van der Waals surface area contributed by atoms with E-state index in [1.807, 2.05) is 12.1 Å². The lowest BCUT2D eigenvalue weighted by molar-refractivity contribution is -0.123. The zero-order valence-electron chi connectivity index (χ0n) is 11.4. The minimum Gasteiger partial charge on any atom is -0.497 e. The van der Waals surface area contributed by atoms with Crippen molar-refractivity contribution >= 4 is 27.5 Å². The van der Waals surface area contributed by atoms with Crippen molar-refractivity contribution in [1.29, 1.82) is 0 Å². The minimum atomic E-state index is -0.149. The number of ether oxygens (including phenoxy) is 2. The molecule has 1 amide bonds. The maximum Gasteiger partial charge on any atom is 0.250 e. The molecule has 0 atom stereocenters. The van der Waals surface area contributed by atoms with Crippen molar-refractivity contribution in [1.82, 2.24) is 5.32 Å². The summed E-state index contributed by atoms with van der Waals surface area (Å²) in [5.74, 6) is 0.539. The third kappa shape index (κ3) is 4.77. The first-order valence-electron chi connectivity index (χ1n) is 6.64.